The second kappa shape index (κ2) is 6.60. The molecule has 2 aromatic heterocycles. The van der Waals surface area contributed by atoms with Crippen molar-refractivity contribution in [1.29, 1.82) is 0 Å². The number of aryl methyl sites for hydroxylation is 1. The summed E-state index contributed by atoms with van der Waals surface area (Å²) in [5.74, 6) is -0.367. The van der Waals surface area contributed by atoms with Crippen molar-refractivity contribution in [2.45, 2.75) is 13.1 Å². The molecular formula is C21H14F3N3O. The molecule has 2 heterocycles. The van der Waals surface area contributed by atoms with E-state index in [2.05, 4.69) is 15.3 Å². The van der Waals surface area contributed by atoms with Crippen molar-refractivity contribution in [1.82, 2.24) is 9.97 Å². The Bertz CT molecular complexity index is 1220. The number of para-hydroxylation sites is 1. The number of hydrogen-bond acceptors (Lipinski definition) is 3. The lowest BCUT2D eigenvalue weighted by Gasteiger charge is -2.12. The maximum absolute atomic E-state index is 12.9. The average molecular weight is 381 g/mol. The number of rotatable bonds is 2. The summed E-state index contributed by atoms with van der Waals surface area (Å²) < 4.78 is 38.8. The third-order valence-corrected chi connectivity index (χ3v) is 4.41. The molecule has 0 saturated carbocycles. The highest BCUT2D eigenvalue weighted by Gasteiger charge is 2.30. The largest absolute Gasteiger partial charge is 0.416 e. The van der Waals surface area contributed by atoms with E-state index in [9.17, 15) is 18.0 Å². The molecule has 4 rings (SSSR count). The molecule has 0 saturated heterocycles. The Morgan fingerprint density at radius 2 is 1.75 bits per heavy atom. The molecule has 4 nitrogen and oxygen atoms in total. The van der Waals surface area contributed by atoms with Crippen LogP contribution in [-0.4, -0.2) is 15.9 Å². The molecule has 0 aliphatic carbocycles. The van der Waals surface area contributed by atoms with E-state index in [0.29, 0.717) is 33.2 Å². The highest BCUT2D eigenvalue weighted by atomic mass is 19.4. The summed E-state index contributed by atoms with van der Waals surface area (Å²) in [5, 5.41) is 3.92. The Morgan fingerprint density at radius 3 is 2.54 bits per heavy atom. The Hall–Kier alpha value is -3.48. The fourth-order valence-electron chi connectivity index (χ4n) is 3.12. The van der Waals surface area contributed by atoms with Crippen LogP contribution in [0.3, 0.4) is 0 Å². The summed E-state index contributed by atoms with van der Waals surface area (Å²) in [6.45, 7) is 1.80. The van der Waals surface area contributed by atoms with Gasteiger partial charge in [-0.25, -0.2) is 0 Å². The highest BCUT2D eigenvalue weighted by molar-refractivity contribution is 6.14. The number of nitrogens with zero attached hydrogens (tertiary/aromatic N) is 2. The zero-order valence-corrected chi connectivity index (χ0v) is 14.7. The van der Waals surface area contributed by atoms with E-state index in [1.807, 2.05) is 18.2 Å². The van der Waals surface area contributed by atoms with E-state index in [1.54, 1.807) is 25.1 Å². The quantitative estimate of drug-likeness (QED) is 0.508. The van der Waals surface area contributed by atoms with Crippen molar-refractivity contribution < 1.29 is 18.0 Å². The van der Waals surface area contributed by atoms with Crippen LogP contribution in [0.25, 0.3) is 21.8 Å². The van der Waals surface area contributed by atoms with Crippen LogP contribution >= 0.6 is 0 Å². The number of benzene rings is 2. The van der Waals surface area contributed by atoms with Crippen LogP contribution in [0.1, 0.15) is 21.6 Å². The summed E-state index contributed by atoms with van der Waals surface area (Å²) in [6.07, 6.45) is -3.09. The van der Waals surface area contributed by atoms with Crippen LogP contribution in [0, 0.1) is 6.92 Å². The predicted molar refractivity (Wildman–Crippen MR) is 101 cm³/mol. The van der Waals surface area contributed by atoms with Gasteiger partial charge in [0.25, 0.3) is 5.91 Å². The Balaban J connectivity index is 1.76. The second-order valence-corrected chi connectivity index (χ2v) is 6.37. The predicted octanol–water partition coefficient (Wildman–Crippen LogP) is 5.36. The first kappa shape index (κ1) is 17.9. The lowest BCUT2D eigenvalue weighted by atomic mass is 10.1. The van der Waals surface area contributed by atoms with E-state index in [0.717, 1.165) is 12.1 Å². The van der Waals surface area contributed by atoms with Gasteiger partial charge < -0.3 is 5.32 Å². The number of alkyl halides is 3. The third-order valence-electron chi connectivity index (χ3n) is 4.41. The molecule has 0 spiro atoms. The number of hydrogen-bond donors (Lipinski definition) is 1. The molecule has 0 bridgehead atoms. The number of halogens is 3. The molecule has 0 radical (unpaired) electrons. The maximum atomic E-state index is 12.9. The van der Waals surface area contributed by atoms with Crippen LogP contribution < -0.4 is 5.32 Å². The lowest BCUT2D eigenvalue weighted by molar-refractivity contribution is -0.137. The van der Waals surface area contributed by atoms with Gasteiger partial charge in [-0.1, -0.05) is 24.3 Å². The first-order chi connectivity index (χ1) is 13.3. The number of pyridine rings is 2. The van der Waals surface area contributed by atoms with Gasteiger partial charge in [0.1, 0.15) is 0 Å². The Kier molecular flexibility index (Phi) is 4.22. The topological polar surface area (TPSA) is 54.9 Å². The van der Waals surface area contributed by atoms with Crippen molar-refractivity contribution in [3.63, 3.8) is 0 Å². The van der Waals surface area contributed by atoms with Crippen molar-refractivity contribution >= 4 is 33.4 Å². The molecule has 1 amide bonds. The monoisotopic (exact) mass is 381 g/mol. The first-order valence-corrected chi connectivity index (χ1v) is 8.46. The minimum atomic E-state index is -4.46. The number of carbonyl (C=O) groups is 1. The van der Waals surface area contributed by atoms with Crippen molar-refractivity contribution in [2.75, 3.05) is 5.32 Å². The number of nitrogens with one attached hydrogen (secondary N) is 1. The van der Waals surface area contributed by atoms with Gasteiger partial charge >= 0.3 is 6.18 Å². The summed E-state index contributed by atoms with van der Waals surface area (Å²) in [4.78, 5) is 21.3. The number of aromatic nitrogens is 2. The van der Waals surface area contributed by atoms with E-state index in [4.69, 9.17) is 0 Å². The normalized spacial score (nSPS) is 11.7. The highest BCUT2D eigenvalue weighted by Crippen LogP contribution is 2.32. The number of amides is 1. The fourth-order valence-corrected chi connectivity index (χ4v) is 3.12. The molecule has 0 atom stereocenters. The summed E-state index contributed by atoms with van der Waals surface area (Å²) >= 11 is 0. The zero-order chi connectivity index (χ0) is 19.9. The van der Waals surface area contributed by atoms with E-state index < -0.39 is 11.7 Å². The number of carbonyl (C=O) groups excluding carboxylic acids is 1. The third kappa shape index (κ3) is 3.26. The van der Waals surface area contributed by atoms with Gasteiger partial charge in [0.2, 0.25) is 0 Å². The zero-order valence-electron chi connectivity index (χ0n) is 14.7. The van der Waals surface area contributed by atoms with Crippen LogP contribution in [0.15, 0.2) is 60.8 Å². The van der Waals surface area contributed by atoms with Gasteiger partial charge in [-0.2, -0.15) is 13.2 Å². The van der Waals surface area contributed by atoms with E-state index in [-0.39, 0.29) is 11.4 Å². The number of anilines is 1. The molecule has 0 aliphatic rings. The van der Waals surface area contributed by atoms with Crippen LogP contribution in [-0.2, 0) is 6.18 Å². The summed E-state index contributed by atoms with van der Waals surface area (Å²) in [7, 11) is 0. The molecule has 28 heavy (non-hydrogen) atoms. The van der Waals surface area contributed by atoms with Crippen molar-refractivity contribution in [3.8, 4) is 0 Å². The van der Waals surface area contributed by atoms with Crippen LogP contribution in [0.5, 0.6) is 0 Å². The van der Waals surface area contributed by atoms with Crippen LogP contribution in [0.4, 0.5) is 18.9 Å². The summed E-state index contributed by atoms with van der Waals surface area (Å²) in [5.41, 5.74) is 1.60. The Labute approximate surface area is 158 Å². The molecule has 4 aromatic rings. The van der Waals surface area contributed by atoms with Gasteiger partial charge in [0, 0.05) is 22.7 Å². The second-order valence-electron chi connectivity index (χ2n) is 6.37. The fraction of sp³-hybridized carbons (Fsp3) is 0.0952. The average Bonchev–Trinajstić information content (AvgIpc) is 2.66. The van der Waals surface area contributed by atoms with Crippen molar-refractivity contribution in [3.05, 3.63) is 77.6 Å². The molecule has 0 fully saturated rings. The standard InChI is InChI=1S/C21H14F3N3O/c1-12-10-16(14-4-2-3-5-17(14)26-12)20(28)27-18-8-9-25-19-11-13(21(22,23)24)6-7-15(18)19/h2-11H,1H3,(H,25,27,28). The van der Waals surface area contributed by atoms with Crippen LogP contribution in [0.2, 0.25) is 0 Å². The molecule has 1 N–H and O–H groups in total. The molecule has 7 heteroatoms. The van der Waals surface area contributed by atoms with E-state index in [1.165, 1.54) is 12.3 Å². The Morgan fingerprint density at radius 1 is 0.964 bits per heavy atom. The molecular weight excluding hydrogens is 367 g/mol. The maximum Gasteiger partial charge on any atom is 0.416 e. The van der Waals surface area contributed by atoms with Gasteiger partial charge in [-0.05, 0) is 37.3 Å². The van der Waals surface area contributed by atoms with Gasteiger partial charge in [0.05, 0.1) is 27.8 Å². The minimum Gasteiger partial charge on any atom is -0.321 e. The SMILES string of the molecule is Cc1cc(C(=O)Nc2ccnc3cc(C(F)(F)F)ccc23)c2ccccc2n1. The summed E-state index contributed by atoms with van der Waals surface area (Å²) in [6, 6.07) is 13.8. The van der Waals surface area contributed by atoms with Gasteiger partial charge in [-0.3, -0.25) is 14.8 Å². The molecule has 0 aliphatic heterocycles. The molecule has 2 aromatic carbocycles. The van der Waals surface area contributed by atoms with Gasteiger partial charge in [-0.15, -0.1) is 0 Å². The minimum absolute atomic E-state index is 0.156. The smallest absolute Gasteiger partial charge is 0.321 e. The van der Waals surface area contributed by atoms with Gasteiger partial charge in [0.15, 0.2) is 0 Å². The first-order valence-electron chi connectivity index (χ1n) is 8.46. The van der Waals surface area contributed by atoms with Crippen molar-refractivity contribution in [2.24, 2.45) is 0 Å². The lowest BCUT2D eigenvalue weighted by Crippen LogP contribution is -2.13. The molecule has 140 valence electrons. The number of fused-ring (bicyclic) bond motifs is 2. The molecule has 0 unspecified atom stereocenters. The van der Waals surface area contributed by atoms with E-state index >= 15 is 0 Å².